The van der Waals surface area contributed by atoms with Gasteiger partial charge in [-0.3, -0.25) is 8.98 Å². The Morgan fingerprint density at radius 2 is 1.96 bits per heavy atom. The smallest absolute Gasteiger partial charge is 0.457 e. The van der Waals surface area contributed by atoms with Gasteiger partial charge in [0.15, 0.2) is 5.79 Å². The van der Waals surface area contributed by atoms with Crippen LogP contribution in [0.3, 0.4) is 0 Å². The molecule has 11 heteroatoms. The molecule has 2 rings (SSSR count). The fourth-order valence-corrected chi connectivity index (χ4v) is 4.40. The number of halogens is 3. The molecule has 0 spiro atoms. The van der Waals surface area contributed by atoms with E-state index in [1.807, 2.05) is 0 Å². The van der Waals surface area contributed by atoms with E-state index in [2.05, 4.69) is 10.8 Å². The maximum atomic E-state index is 12.6. The van der Waals surface area contributed by atoms with Crippen LogP contribution in [0.5, 0.6) is 0 Å². The Hall–Kier alpha value is -1.17. The second-order valence-corrected chi connectivity index (χ2v) is 8.31. The second kappa shape index (κ2) is 6.47. The fourth-order valence-electron chi connectivity index (χ4n) is 3.95. The fraction of sp³-hybridized carbons (Fsp3) is 0.800. The van der Waals surface area contributed by atoms with Gasteiger partial charge in [0, 0.05) is 18.9 Å². The first kappa shape index (κ1) is 21.1. The zero-order chi connectivity index (χ0) is 20.1. The molecule has 2 saturated heterocycles. The number of ether oxygens (including phenoxy) is 3. The number of rotatable bonds is 6. The first-order chi connectivity index (χ1) is 11.8. The highest BCUT2D eigenvalue weighted by Gasteiger charge is 2.74. The van der Waals surface area contributed by atoms with Gasteiger partial charge in [0.2, 0.25) is 0 Å². The Labute approximate surface area is 149 Å². The van der Waals surface area contributed by atoms with Gasteiger partial charge in [-0.2, -0.15) is 21.6 Å². The second-order valence-electron chi connectivity index (χ2n) is 6.70. The molecular formula is C15H21F3O7S. The van der Waals surface area contributed by atoms with Crippen LogP contribution < -0.4 is 0 Å². The third kappa shape index (κ3) is 2.76. The summed E-state index contributed by atoms with van der Waals surface area (Å²) in [4.78, 5) is 12.6. The predicted octanol–water partition coefficient (Wildman–Crippen LogP) is 1.98. The molecule has 2 fully saturated rings. The van der Waals surface area contributed by atoms with Gasteiger partial charge in [0.1, 0.15) is 11.5 Å². The predicted molar refractivity (Wildman–Crippen MR) is 82.1 cm³/mol. The van der Waals surface area contributed by atoms with E-state index in [9.17, 15) is 26.4 Å². The molecule has 0 aromatic carbocycles. The maximum absolute atomic E-state index is 12.6. The van der Waals surface area contributed by atoms with Gasteiger partial charge in [0.25, 0.3) is 0 Å². The van der Waals surface area contributed by atoms with E-state index in [0.29, 0.717) is 0 Å². The van der Waals surface area contributed by atoms with Gasteiger partial charge in [-0.1, -0.05) is 26.5 Å². The molecule has 2 aliphatic rings. The van der Waals surface area contributed by atoms with Gasteiger partial charge >= 0.3 is 21.6 Å². The first-order valence-corrected chi connectivity index (χ1v) is 9.21. The van der Waals surface area contributed by atoms with Crippen molar-refractivity contribution >= 4 is 16.1 Å². The number of alkyl halides is 3. The van der Waals surface area contributed by atoms with Crippen molar-refractivity contribution in [1.82, 2.24) is 0 Å². The monoisotopic (exact) mass is 402 g/mol. The van der Waals surface area contributed by atoms with Crippen LogP contribution in [-0.4, -0.2) is 51.6 Å². The molecule has 7 nitrogen and oxygen atoms in total. The molecule has 0 aromatic heterocycles. The number of fused-ring (bicyclic) bond motifs is 1. The van der Waals surface area contributed by atoms with E-state index in [4.69, 9.17) is 14.2 Å². The van der Waals surface area contributed by atoms with Crippen molar-refractivity contribution < 1.29 is 44.8 Å². The van der Waals surface area contributed by atoms with Crippen LogP contribution in [0.15, 0.2) is 12.7 Å². The van der Waals surface area contributed by atoms with Crippen LogP contribution in [-0.2, 0) is 33.3 Å². The highest BCUT2D eigenvalue weighted by atomic mass is 32.2. The highest BCUT2D eigenvalue weighted by Crippen LogP contribution is 2.60. The molecule has 2 heterocycles. The minimum atomic E-state index is -5.81. The largest absolute Gasteiger partial charge is 0.523 e. The summed E-state index contributed by atoms with van der Waals surface area (Å²) in [6.45, 7) is 7.54. The number of carbonyl (C=O) groups excluding carboxylic acids is 1. The van der Waals surface area contributed by atoms with Crippen molar-refractivity contribution in [2.75, 3.05) is 13.7 Å². The molecule has 2 aliphatic heterocycles. The molecule has 5 atom stereocenters. The third-order valence-corrected chi connectivity index (χ3v) is 6.12. The molecular weight excluding hydrogens is 381 g/mol. The number of hydrogen-bond acceptors (Lipinski definition) is 7. The lowest BCUT2D eigenvalue weighted by molar-refractivity contribution is -0.278. The molecule has 0 saturated carbocycles. The zero-order valence-corrected chi connectivity index (χ0v) is 15.5. The van der Waals surface area contributed by atoms with E-state index < -0.39 is 63.4 Å². The Kier molecular flexibility index (Phi) is 5.26. The summed E-state index contributed by atoms with van der Waals surface area (Å²) in [5.74, 6) is -3.43. The molecule has 0 unspecified atom stereocenters. The van der Waals surface area contributed by atoms with Crippen molar-refractivity contribution in [3.63, 3.8) is 0 Å². The number of cyclic esters (lactones) is 1. The molecule has 0 aromatic rings. The zero-order valence-electron chi connectivity index (χ0n) is 14.7. The number of carbonyl (C=O) groups is 1. The molecule has 0 radical (unpaired) electrons. The Morgan fingerprint density at radius 1 is 1.38 bits per heavy atom. The van der Waals surface area contributed by atoms with E-state index in [0.717, 1.165) is 0 Å². The number of hydrogen-bond donors (Lipinski definition) is 0. The minimum Gasteiger partial charge on any atom is -0.457 e. The van der Waals surface area contributed by atoms with Crippen molar-refractivity contribution in [2.24, 2.45) is 17.3 Å². The van der Waals surface area contributed by atoms with Crippen LogP contribution in [0.25, 0.3) is 0 Å². The minimum absolute atomic E-state index is 0.402. The quantitative estimate of drug-likeness (QED) is 0.291. The molecule has 150 valence electrons. The van der Waals surface area contributed by atoms with Crippen LogP contribution in [0.1, 0.15) is 20.8 Å². The Bertz CT molecular complexity index is 690. The lowest BCUT2D eigenvalue weighted by Crippen LogP contribution is -2.54. The SMILES string of the molecule is C=C[C@H]1OC(=O)[C@@]2(C)[C@@H]1[C@H](COS(=O)(=O)C(F)(F)F)O[C@]2(OC)C(C)C. The van der Waals surface area contributed by atoms with Crippen molar-refractivity contribution in [2.45, 2.75) is 44.3 Å². The van der Waals surface area contributed by atoms with E-state index >= 15 is 0 Å². The summed E-state index contributed by atoms with van der Waals surface area (Å²) in [5.41, 5.74) is -6.95. The Morgan fingerprint density at radius 3 is 2.38 bits per heavy atom. The van der Waals surface area contributed by atoms with Crippen LogP contribution in [0, 0.1) is 17.3 Å². The molecule has 26 heavy (non-hydrogen) atoms. The molecule has 0 amide bonds. The third-order valence-electron chi connectivity index (χ3n) is 5.11. The molecule has 0 aliphatic carbocycles. The molecule has 0 N–H and O–H groups in total. The lowest BCUT2D eigenvalue weighted by atomic mass is 9.67. The van der Waals surface area contributed by atoms with Gasteiger partial charge in [-0.25, -0.2) is 0 Å². The van der Waals surface area contributed by atoms with Crippen LogP contribution >= 0.6 is 0 Å². The first-order valence-electron chi connectivity index (χ1n) is 7.80. The maximum Gasteiger partial charge on any atom is 0.523 e. The summed E-state index contributed by atoms with van der Waals surface area (Å²) >= 11 is 0. The number of esters is 1. The van der Waals surface area contributed by atoms with Gasteiger partial charge in [0.05, 0.1) is 12.7 Å². The summed E-state index contributed by atoms with van der Waals surface area (Å²) in [6.07, 6.45) is -0.770. The average molecular weight is 402 g/mol. The standard InChI is InChI=1S/C15H21F3O7S/c1-6-9-11-10(7-23-26(20,21)15(16,17)18)25-14(22-5,8(2)3)13(11,4)12(19)24-9/h6,8-11H,1,7H2,2-5H3/t9-,10+,11+,13-,14-/m1/s1. The summed E-state index contributed by atoms with van der Waals surface area (Å²) in [7, 11) is -4.51. The molecule has 0 bridgehead atoms. The number of methoxy groups -OCH3 is 1. The summed E-state index contributed by atoms with van der Waals surface area (Å²) in [6, 6.07) is 0. The summed E-state index contributed by atoms with van der Waals surface area (Å²) < 4.78 is 80.7. The topological polar surface area (TPSA) is 88.1 Å². The van der Waals surface area contributed by atoms with Gasteiger partial charge in [-0.15, -0.1) is 0 Å². The van der Waals surface area contributed by atoms with Crippen molar-refractivity contribution in [1.29, 1.82) is 0 Å². The highest BCUT2D eigenvalue weighted by molar-refractivity contribution is 7.87. The van der Waals surface area contributed by atoms with Gasteiger partial charge in [-0.05, 0) is 6.92 Å². The van der Waals surface area contributed by atoms with Crippen molar-refractivity contribution in [3.8, 4) is 0 Å². The Balaban J connectivity index is 2.43. The van der Waals surface area contributed by atoms with Crippen molar-refractivity contribution in [3.05, 3.63) is 12.7 Å². The summed E-state index contributed by atoms with van der Waals surface area (Å²) in [5, 5.41) is 0. The average Bonchev–Trinajstić information content (AvgIpc) is 2.94. The van der Waals surface area contributed by atoms with Gasteiger partial charge < -0.3 is 14.2 Å². The van der Waals surface area contributed by atoms with Crippen LogP contribution in [0.4, 0.5) is 13.2 Å². The van der Waals surface area contributed by atoms with E-state index in [1.165, 1.54) is 20.1 Å². The normalized spacial score (nSPS) is 37.7. The lowest BCUT2D eigenvalue weighted by Gasteiger charge is -2.40. The van der Waals surface area contributed by atoms with E-state index in [-0.39, 0.29) is 0 Å². The van der Waals surface area contributed by atoms with Crippen LogP contribution in [0.2, 0.25) is 0 Å². The van der Waals surface area contributed by atoms with E-state index in [1.54, 1.807) is 13.8 Å².